The van der Waals surface area contributed by atoms with Gasteiger partial charge in [0.15, 0.2) is 11.3 Å². The van der Waals surface area contributed by atoms with Crippen molar-refractivity contribution in [2.45, 2.75) is 19.8 Å². The van der Waals surface area contributed by atoms with Crippen LogP contribution in [0.5, 0.6) is 0 Å². The van der Waals surface area contributed by atoms with Crippen molar-refractivity contribution in [1.29, 1.82) is 0 Å². The quantitative estimate of drug-likeness (QED) is 0.314. The van der Waals surface area contributed by atoms with Crippen LogP contribution in [0, 0.1) is 5.82 Å². The Labute approximate surface area is 205 Å². The number of fused-ring (bicyclic) bond motifs is 9. The molecule has 5 aromatic heterocycles. The molecule has 5 aromatic rings. The van der Waals surface area contributed by atoms with Crippen LogP contribution in [0.3, 0.4) is 0 Å². The summed E-state index contributed by atoms with van der Waals surface area (Å²) in [6.45, 7) is 1.96. The maximum Gasteiger partial charge on any atom is 0.232 e. The first kappa shape index (κ1) is 20.8. The van der Waals surface area contributed by atoms with Gasteiger partial charge in [0, 0.05) is 35.8 Å². The Morgan fingerprint density at radius 3 is 2.89 bits per heavy atom. The van der Waals surface area contributed by atoms with E-state index >= 15 is 4.39 Å². The van der Waals surface area contributed by atoms with Gasteiger partial charge in [-0.15, -0.1) is 11.3 Å². The highest BCUT2D eigenvalue weighted by Gasteiger charge is 2.21. The fourth-order valence-corrected chi connectivity index (χ4v) is 5.58. The average Bonchev–Trinajstić information content (AvgIpc) is 3.62. The predicted molar refractivity (Wildman–Crippen MR) is 137 cm³/mol. The molecule has 0 aliphatic carbocycles. The van der Waals surface area contributed by atoms with E-state index in [1.807, 2.05) is 19.1 Å². The van der Waals surface area contributed by atoms with E-state index in [9.17, 15) is 4.79 Å². The second-order valence-electron chi connectivity index (χ2n) is 8.46. The van der Waals surface area contributed by atoms with Gasteiger partial charge >= 0.3 is 0 Å². The highest BCUT2D eigenvalue weighted by Crippen LogP contribution is 2.34. The Kier molecular flexibility index (Phi) is 4.48. The molecule has 0 atom stereocenters. The number of nitrogens with one attached hydrogen (secondary N) is 2. The van der Waals surface area contributed by atoms with E-state index in [2.05, 4.69) is 30.1 Å². The summed E-state index contributed by atoms with van der Waals surface area (Å²) in [7, 11) is 0. The Hall–Kier alpha value is -4.51. The van der Waals surface area contributed by atoms with Crippen LogP contribution >= 0.6 is 11.3 Å². The first-order valence-corrected chi connectivity index (χ1v) is 12.2. The summed E-state index contributed by atoms with van der Waals surface area (Å²) in [6.07, 6.45) is 7.35. The topological polar surface area (TPSA) is 118 Å². The van der Waals surface area contributed by atoms with Crippen LogP contribution < -0.4 is 0 Å². The Morgan fingerprint density at radius 1 is 1.08 bits per heavy atom. The Morgan fingerprint density at radius 2 is 2.00 bits per heavy atom. The molecule has 7 heterocycles. The minimum Gasteiger partial charge on any atom is -0.295 e. The van der Waals surface area contributed by atoms with Crippen molar-refractivity contribution in [1.82, 2.24) is 39.7 Å². The highest BCUT2D eigenvalue weighted by atomic mass is 32.1. The molecule has 8 bridgehead atoms. The van der Waals surface area contributed by atoms with E-state index in [1.165, 1.54) is 17.5 Å². The molecule has 7 rings (SSSR count). The number of carbonyl (C=O) groups excluding carboxylic acids is 1. The molecule has 0 spiro atoms. The van der Waals surface area contributed by atoms with Crippen LogP contribution in [0.4, 0.5) is 4.39 Å². The normalized spacial score (nSPS) is 11.9. The molecular weight excluding hydrogens is 479 g/mol. The molecule has 11 heteroatoms. The van der Waals surface area contributed by atoms with Crippen LogP contribution in [-0.4, -0.2) is 45.6 Å². The average molecular weight is 497 g/mol. The number of aromatic amines is 2. The molecule has 0 radical (unpaired) electrons. The second-order valence-corrected chi connectivity index (χ2v) is 9.52. The molecule has 2 N–H and O–H groups in total. The fourth-order valence-electron chi connectivity index (χ4n) is 4.54. The summed E-state index contributed by atoms with van der Waals surface area (Å²) in [5.41, 5.74) is 3.74. The van der Waals surface area contributed by atoms with Crippen LogP contribution in [-0.2, 0) is 0 Å². The van der Waals surface area contributed by atoms with Gasteiger partial charge in [-0.3, -0.25) is 29.5 Å². The van der Waals surface area contributed by atoms with Crippen LogP contribution in [0.1, 0.15) is 24.6 Å². The SMILES string of the molecule is CCCC(=O)n1c2cncc(c2)c2cnc3[nH][nH]c(c4nc5ccnc(c6ccc1s6)c5n4)-c3c2F. The number of hydrogen-bond donors (Lipinski definition) is 2. The molecule has 0 saturated carbocycles. The zero-order chi connectivity index (χ0) is 24.4. The zero-order valence-electron chi connectivity index (χ0n) is 18.9. The Bertz CT molecular complexity index is 2010. The summed E-state index contributed by atoms with van der Waals surface area (Å²) >= 11 is 1.43. The summed E-state index contributed by atoms with van der Waals surface area (Å²) in [5.74, 6) is -0.565. The summed E-state index contributed by atoms with van der Waals surface area (Å²) in [5, 5.41) is 6.66. The van der Waals surface area contributed by atoms with Crippen molar-refractivity contribution in [3.05, 3.63) is 54.9 Å². The van der Waals surface area contributed by atoms with E-state index in [-0.39, 0.29) is 16.9 Å². The Balaban J connectivity index is 1.75. The lowest BCUT2D eigenvalue weighted by atomic mass is 10.1. The summed E-state index contributed by atoms with van der Waals surface area (Å²) < 4.78 is 18.5. The number of aromatic nitrogens is 8. The van der Waals surface area contributed by atoms with Gasteiger partial charge in [-0.1, -0.05) is 6.92 Å². The van der Waals surface area contributed by atoms with Crippen molar-refractivity contribution in [2.75, 3.05) is 0 Å². The van der Waals surface area contributed by atoms with Gasteiger partial charge in [-0.05, 0) is 30.7 Å². The maximum absolute atomic E-state index is 16.0. The highest BCUT2D eigenvalue weighted by molar-refractivity contribution is 7.24. The first-order valence-electron chi connectivity index (χ1n) is 11.4. The monoisotopic (exact) mass is 496 g/mol. The second kappa shape index (κ2) is 7.75. The molecular formula is C25H17FN8OS. The van der Waals surface area contributed by atoms with Gasteiger partial charge in [0.05, 0.1) is 27.5 Å². The molecule has 0 amide bonds. The number of thiophene rings is 1. The van der Waals surface area contributed by atoms with Crippen LogP contribution in [0.25, 0.3) is 64.9 Å². The van der Waals surface area contributed by atoms with Crippen LogP contribution in [0.2, 0.25) is 0 Å². The number of H-pyrrole nitrogens is 2. The van der Waals surface area contributed by atoms with Gasteiger partial charge in [-0.25, -0.2) is 19.3 Å². The third-order valence-electron chi connectivity index (χ3n) is 6.19. The van der Waals surface area contributed by atoms with Crippen LogP contribution in [0.15, 0.2) is 49.1 Å². The van der Waals surface area contributed by atoms with E-state index in [1.54, 1.807) is 35.3 Å². The minimum absolute atomic E-state index is 0.0766. The van der Waals surface area contributed by atoms with Crippen molar-refractivity contribution in [3.8, 4) is 11.3 Å². The van der Waals surface area contributed by atoms with Gasteiger partial charge in [0.25, 0.3) is 0 Å². The molecule has 2 aliphatic rings. The van der Waals surface area contributed by atoms with E-state index in [0.29, 0.717) is 62.1 Å². The van der Waals surface area contributed by atoms with Crippen molar-refractivity contribution in [2.24, 2.45) is 0 Å². The van der Waals surface area contributed by atoms with Crippen molar-refractivity contribution < 1.29 is 9.18 Å². The number of nitrogens with zero attached hydrogens (tertiary/aromatic N) is 6. The molecule has 36 heavy (non-hydrogen) atoms. The molecule has 9 nitrogen and oxygen atoms in total. The lowest BCUT2D eigenvalue weighted by Crippen LogP contribution is -2.10. The van der Waals surface area contributed by atoms with Crippen molar-refractivity contribution in [3.63, 3.8) is 0 Å². The van der Waals surface area contributed by atoms with Crippen molar-refractivity contribution >= 4 is 70.9 Å². The van der Waals surface area contributed by atoms with Gasteiger partial charge in [0.1, 0.15) is 27.4 Å². The molecule has 0 fully saturated rings. The smallest absolute Gasteiger partial charge is 0.232 e. The van der Waals surface area contributed by atoms with Gasteiger partial charge in [0.2, 0.25) is 5.91 Å². The standard InChI is InChI=1S/C25H17FN8OS/c1-2-3-17(35)34-13-8-12(9-27-10-13)14-11-29-24-19(20(14)26)23(32-33-24)25-30-15-6-7-28-22(21(15)31-25)16-4-5-18(34)36-16/h4-11,32H,2-3H2,1H3,(H,29,33). The third kappa shape index (κ3) is 2.99. The minimum atomic E-state index is -0.488. The third-order valence-corrected chi connectivity index (χ3v) is 7.27. The van der Waals surface area contributed by atoms with E-state index in [4.69, 9.17) is 4.98 Å². The van der Waals surface area contributed by atoms with E-state index < -0.39 is 5.82 Å². The lowest BCUT2D eigenvalue weighted by molar-refractivity contribution is 0.0912. The lowest BCUT2D eigenvalue weighted by Gasteiger charge is -2.07. The largest absolute Gasteiger partial charge is 0.295 e. The van der Waals surface area contributed by atoms with E-state index in [0.717, 1.165) is 4.70 Å². The molecule has 0 unspecified atom stereocenters. The summed E-state index contributed by atoms with van der Waals surface area (Å²) in [4.78, 5) is 36.7. The fraction of sp³-hybridized carbons (Fsp3) is 0.120. The first-order chi connectivity index (χ1) is 17.6. The number of rotatable bonds is 2. The number of hydrogen-bond acceptors (Lipinski definition) is 7. The van der Waals surface area contributed by atoms with Gasteiger partial charge in [-0.2, -0.15) is 0 Å². The predicted octanol–water partition coefficient (Wildman–Crippen LogP) is 5.76. The maximum atomic E-state index is 16.0. The molecule has 176 valence electrons. The number of imidazole rings is 1. The van der Waals surface area contributed by atoms with Gasteiger partial charge < -0.3 is 0 Å². The number of halogens is 1. The molecule has 0 saturated heterocycles. The summed E-state index contributed by atoms with van der Waals surface area (Å²) in [6, 6.07) is 7.35. The number of pyridine rings is 3. The number of carbonyl (C=O) groups is 1. The zero-order valence-corrected chi connectivity index (χ0v) is 19.7. The molecule has 0 aromatic carbocycles. The molecule has 2 aliphatic heterocycles.